The van der Waals surface area contributed by atoms with Crippen LogP contribution in [0.5, 0.6) is 0 Å². The summed E-state index contributed by atoms with van der Waals surface area (Å²) in [5, 5.41) is 4.19. The van der Waals surface area contributed by atoms with Crippen molar-refractivity contribution in [3.05, 3.63) is 91.0 Å². The van der Waals surface area contributed by atoms with Gasteiger partial charge < -0.3 is 4.74 Å². The van der Waals surface area contributed by atoms with Crippen LogP contribution in [0.25, 0.3) is 0 Å². The second kappa shape index (κ2) is 10.6. The van der Waals surface area contributed by atoms with Gasteiger partial charge in [0.15, 0.2) is 0 Å². The van der Waals surface area contributed by atoms with Gasteiger partial charge in [-0.2, -0.15) is 0 Å². The van der Waals surface area contributed by atoms with Crippen molar-refractivity contribution in [2.24, 2.45) is 0 Å². The van der Waals surface area contributed by atoms with Crippen molar-refractivity contribution >= 4 is 52.4 Å². The van der Waals surface area contributed by atoms with Crippen LogP contribution < -0.4 is 15.9 Å². The number of alkyl halides is 1. The number of methoxy groups -OCH3 is 1. The molecule has 0 unspecified atom stereocenters. The van der Waals surface area contributed by atoms with E-state index in [1.165, 1.54) is 23.0 Å². The summed E-state index contributed by atoms with van der Waals surface area (Å²) in [6.07, 6.45) is 0. The van der Waals surface area contributed by atoms with Gasteiger partial charge in [0.2, 0.25) is 0 Å². The minimum Gasteiger partial charge on any atom is -0.468 e. The molecule has 0 aliphatic heterocycles. The van der Waals surface area contributed by atoms with Crippen LogP contribution in [0, 0.1) is 0 Å². The number of benzene rings is 3. The molecule has 2 nitrogen and oxygen atoms in total. The van der Waals surface area contributed by atoms with Gasteiger partial charge in [-0.1, -0.05) is 114 Å². The van der Waals surface area contributed by atoms with Gasteiger partial charge >= 0.3 is 5.97 Å². The van der Waals surface area contributed by atoms with Gasteiger partial charge in [-0.05, 0) is 37.7 Å². The highest BCUT2D eigenvalue weighted by atomic mass is 127. The maximum Gasteiger partial charge on any atom is 0.321 e. The lowest BCUT2D eigenvalue weighted by molar-refractivity contribution is -0.141. The van der Waals surface area contributed by atoms with Gasteiger partial charge in [0.1, 0.15) is 3.42 Å². The molecule has 0 fully saturated rings. The van der Waals surface area contributed by atoms with Crippen LogP contribution >= 0.6 is 30.5 Å². The van der Waals surface area contributed by atoms with Crippen LogP contribution in [0.1, 0.15) is 13.8 Å². The topological polar surface area (TPSA) is 26.3 Å². The molecule has 0 heterocycles. The van der Waals surface area contributed by atoms with E-state index in [4.69, 9.17) is 0 Å². The third-order valence-corrected chi connectivity index (χ3v) is 6.60. The normalized spacial score (nSPS) is 10.7. The molecule has 0 saturated carbocycles. The summed E-state index contributed by atoms with van der Waals surface area (Å²) in [6, 6.07) is 32.3. The molecule has 0 spiro atoms. The molecule has 27 heavy (non-hydrogen) atoms. The highest BCUT2D eigenvalue weighted by molar-refractivity contribution is 14.1. The lowest BCUT2D eigenvalue weighted by Crippen LogP contribution is -2.24. The van der Waals surface area contributed by atoms with E-state index in [1.54, 1.807) is 13.8 Å². The summed E-state index contributed by atoms with van der Waals surface area (Å²) >= 11 is 2.03. The zero-order valence-corrected chi connectivity index (χ0v) is 18.9. The zero-order chi connectivity index (χ0) is 19.7. The molecule has 0 radical (unpaired) electrons. The second-order valence-electron chi connectivity index (χ2n) is 6.31. The van der Waals surface area contributed by atoms with Crippen LogP contribution in [0.4, 0.5) is 0 Å². The number of carbonyl (C=O) groups excluding carboxylic acids is 1. The Labute approximate surface area is 176 Å². The fourth-order valence-corrected chi connectivity index (χ4v) is 4.95. The molecule has 4 heteroatoms. The zero-order valence-electron chi connectivity index (χ0n) is 15.8. The Kier molecular flexibility index (Phi) is 8.46. The standard InChI is InChI=1S/C18H15P.C5H9IO2/c1-4-10-16(11-5-1)19(17-12-6-2-7-13-17)18-14-8-3-9-15-18;1-5(2,6)4(7)8-3/h1-15H;1-3H3. The summed E-state index contributed by atoms with van der Waals surface area (Å²) < 4.78 is 4.09. The van der Waals surface area contributed by atoms with E-state index in [2.05, 4.69) is 95.7 Å². The van der Waals surface area contributed by atoms with Crippen LogP contribution in [0.3, 0.4) is 0 Å². The maximum absolute atomic E-state index is 10.6. The van der Waals surface area contributed by atoms with Crippen LogP contribution in [0.15, 0.2) is 91.0 Å². The maximum atomic E-state index is 10.6. The third-order valence-electron chi connectivity index (χ3n) is 3.71. The molecule has 3 aromatic carbocycles. The molecule has 0 aliphatic carbocycles. The fraction of sp³-hybridized carbons (Fsp3) is 0.174. The molecule has 0 aliphatic rings. The van der Waals surface area contributed by atoms with E-state index in [9.17, 15) is 4.79 Å². The van der Waals surface area contributed by atoms with Crippen molar-refractivity contribution in [1.29, 1.82) is 0 Å². The Bertz CT molecular complexity index is 721. The van der Waals surface area contributed by atoms with E-state index in [1.807, 2.05) is 22.6 Å². The van der Waals surface area contributed by atoms with Crippen molar-refractivity contribution in [1.82, 2.24) is 0 Å². The van der Waals surface area contributed by atoms with Crippen LogP contribution in [0.2, 0.25) is 0 Å². The summed E-state index contributed by atoms with van der Waals surface area (Å²) in [4.78, 5) is 10.6. The molecule has 0 saturated heterocycles. The largest absolute Gasteiger partial charge is 0.468 e. The minimum absolute atomic E-state index is 0.182. The lowest BCUT2D eigenvalue weighted by Gasteiger charge is -2.18. The van der Waals surface area contributed by atoms with Gasteiger partial charge in [-0.25, -0.2) is 0 Å². The number of carbonyl (C=O) groups is 1. The Hall–Kier alpha value is -1.71. The number of ether oxygens (including phenoxy) is 1. The van der Waals surface area contributed by atoms with Crippen molar-refractivity contribution in [2.45, 2.75) is 17.3 Å². The Morgan fingerprint density at radius 1 is 0.741 bits per heavy atom. The quantitative estimate of drug-likeness (QED) is 0.227. The fourth-order valence-electron chi connectivity index (χ4n) is 2.42. The van der Waals surface area contributed by atoms with E-state index in [0.29, 0.717) is 0 Å². The summed E-state index contributed by atoms with van der Waals surface area (Å²) in [7, 11) is 0.946. The number of halogens is 1. The van der Waals surface area contributed by atoms with Crippen molar-refractivity contribution in [3.63, 3.8) is 0 Å². The number of esters is 1. The molecule has 3 aromatic rings. The van der Waals surface area contributed by atoms with Gasteiger partial charge in [0.05, 0.1) is 7.11 Å². The van der Waals surface area contributed by atoms with E-state index >= 15 is 0 Å². The first-order valence-corrected chi connectivity index (χ1v) is 11.1. The predicted octanol–water partition coefficient (Wildman–Crippen LogP) is 4.82. The molecule has 3 rings (SSSR count). The highest BCUT2D eigenvalue weighted by Crippen LogP contribution is 2.32. The third kappa shape index (κ3) is 6.75. The van der Waals surface area contributed by atoms with Crippen LogP contribution in [-0.4, -0.2) is 16.5 Å². The molecule has 0 aromatic heterocycles. The van der Waals surface area contributed by atoms with Crippen molar-refractivity contribution in [2.75, 3.05) is 7.11 Å². The number of rotatable bonds is 4. The molecule has 0 atom stereocenters. The average molecular weight is 490 g/mol. The molecular weight excluding hydrogens is 466 g/mol. The van der Waals surface area contributed by atoms with Gasteiger partial charge in [-0.3, -0.25) is 4.79 Å². The molecule has 140 valence electrons. The van der Waals surface area contributed by atoms with Gasteiger partial charge in [0, 0.05) is 0 Å². The van der Waals surface area contributed by atoms with Crippen molar-refractivity contribution < 1.29 is 9.53 Å². The first-order chi connectivity index (χ1) is 12.9. The number of hydrogen-bond donors (Lipinski definition) is 0. The second-order valence-corrected chi connectivity index (χ2v) is 11.2. The van der Waals surface area contributed by atoms with E-state index in [-0.39, 0.29) is 9.39 Å². The lowest BCUT2D eigenvalue weighted by atomic mass is 10.2. The molecule has 0 bridgehead atoms. The first kappa shape index (κ1) is 21.6. The minimum atomic E-state index is -0.446. The predicted molar refractivity (Wildman–Crippen MR) is 125 cm³/mol. The van der Waals surface area contributed by atoms with E-state index in [0.717, 1.165) is 0 Å². The summed E-state index contributed by atoms with van der Waals surface area (Å²) in [6.45, 7) is 3.61. The highest BCUT2D eigenvalue weighted by Gasteiger charge is 2.23. The summed E-state index contributed by atoms with van der Waals surface area (Å²) in [5.74, 6) is -0.182. The monoisotopic (exact) mass is 490 g/mol. The Morgan fingerprint density at radius 3 is 1.22 bits per heavy atom. The van der Waals surface area contributed by atoms with Crippen LogP contribution in [-0.2, 0) is 9.53 Å². The van der Waals surface area contributed by atoms with Crippen molar-refractivity contribution in [3.8, 4) is 0 Å². The van der Waals surface area contributed by atoms with E-state index < -0.39 is 7.92 Å². The smallest absolute Gasteiger partial charge is 0.321 e. The SMILES string of the molecule is COC(=O)C(C)(C)I.c1ccc(P(c2ccccc2)c2ccccc2)cc1. The average Bonchev–Trinajstić information content (AvgIpc) is 2.70. The van der Waals surface area contributed by atoms with Gasteiger partial charge in [-0.15, -0.1) is 0 Å². The Morgan fingerprint density at radius 2 is 1.04 bits per heavy atom. The Balaban J connectivity index is 0.000000279. The van der Waals surface area contributed by atoms with Gasteiger partial charge in [0.25, 0.3) is 0 Å². The number of hydrogen-bond acceptors (Lipinski definition) is 2. The first-order valence-electron chi connectivity index (χ1n) is 8.66. The molecule has 0 N–H and O–H groups in total. The summed E-state index contributed by atoms with van der Waals surface area (Å²) in [5.41, 5.74) is 0. The molecule has 0 amide bonds. The molecular formula is C23H24IO2P.